The van der Waals surface area contributed by atoms with E-state index < -0.39 is 5.82 Å². The standard InChI is InChI=1S/C14H14FN5O/c15-12-2-1-11(20-7-16-18-19-20)6-13(12)17-14(21)10-4-8-3-9(8)5-10/h1-2,6-10H,3-5H2,(H,17,21). The number of anilines is 1. The van der Waals surface area contributed by atoms with Crippen LogP contribution in [0, 0.1) is 23.6 Å². The molecule has 0 aliphatic heterocycles. The molecule has 0 saturated heterocycles. The van der Waals surface area contributed by atoms with Crippen molar-refractivity contribution in [1.29, 1.82) is 0 Å². The molecule has 2 aromatic rings. The first-order valence-corrected chi connectivity index (χ1v) is 7.04. The lowest BCUT2D eigenvalue weighted by Crippen LogP contribution is -2.22. The lowest BCUT2D eigenvalue weighted by molar-refractivity contribution is -0.120. The van der Waals surface area contributed by atoms with Gasteiger partial charge in [-0.1, -0.05) is 0 Å². The average molecular weight is 287 g/mol. The van der Waals surface area contributed by atoms with Gasteiger partial charge < -0.3 is 5.32 Å². The monoisotopic (exact) mass is 287 g/mol. The molecule has 7 heteroatoms. The maximum Gasteiger partial charge on any atom is 0.227 e. The van der Waals surface area contributed by atoms with E-state index in [4.69, 9.17) is 0 Å². The molecule has 1 N–H and O–H groups in total. The predicted octanol–water partition coefficient (Wildman–Crippen LogP) is 1.79. The molecule has 1 aromatic heterocycles. The Bertz CT molecular complexity index is 677. The second-order valence-corrected chi connectivity index (χ2v) is 5.83. The number of aromatic nitrogens is 4. The Kier molecular flexibility index (Phi) is 2.73. The van der Waals surface area contributed by atoms with Crippen LogP contribution in [0.3, 0.4) is 0 Å². The fraction of sp³-hybridized carbons (Fsp3) is 0.429. The highest BCUT2D eigenvalue weighted by atomic mass is 19.1. The summed E-state index contributed by atoms with van der Waals surface area (Å²) in [5.74, 6) is 0.916. The number of fused-ring (bicyclic) bond motifs is 1. The number of nitrogens with one attached hydrogen (secondary N) is 1. The molecule has 0 spiro atoms. The van der Waals surface area contributed by atoms with E-state index in [-0.39, 0.29) is 17.5 Å². The Hall–Kier alpha value is -2.31. The number of carbonyl (C=O) groups is 1. The van der Waals surface area contributed by atoms with Crippen LogP contribution in [0.25, 0.3) is 5.69 Å². The molecule has 1 heterocycles. The second-order valence-electron chi connectivity index (χ2n) is 5.83. The van der Waals surface area contributed by atoms with Gasteiger partial charge in [0.15, 0.2) is 0 Å². The molecule has 2 aliphatic carbocycles. The van der Waals surface area contributed by atoms with Gasteiger partial charge in [-0.15, -0.1) is 5.10 Å². The van der Waals surface area contributed by atoms with Crippen molar-refractivity contribution in [3.8, 4) is 5.69 Å². The fourth-order valence-electron chi connectivity index (χ4n) is 3.19. The van der Waals surface area contributed by atoms with Gasteiger partial charge in [0, 0.05) is 5.92 Å². The molecule has 4 rings (SSSR count). The summed E-state index contributed by atoms with van der Waals surface area (Å²) in [5, 5.41) is 13.5. The van der Waals surface area contributed by atoms with Crippen LogP contribution in [0.2, 0.25) is 0 Å². The van der Waals surface area contributed by atoms with E-state index in [1.54, 1.807) is 12.1 Å². The number of carbonyl (C=O) groups excluding carboxylic acids is 1. The first-order valence-electron chi connectivity index (χ1n) is 7.04. The molecule has 2 atom stereocenters. The number of hydrogen-bond donors (Lipinski definition) is 1. The molecule has 6 nitrogen and oxygen atoms in total. The van der Waals surface area contributed by atoms with E-state index in [0.29, 0.717) is 5.69 Å². The highest BCUT2D eigenvalue weighted by Gasteiger charge is 2.48. The van der Waals surface area contributed by atoms with Crippen LogP contribution in [0.1, 0.15) is 19.3 Å². The van der Waals surface area contributed by atoms with Crippen molar-refractivity contribution < 1.29 is 9.18 Å². The van der Waals surface area contributed by atoms with Gasteiger partial charge in [0.25, 0.3) is 0 Å². The van der Waals surface area contributed by atoms with E-state index >= 15 is 0 Å². The van der Waals surface area contributed by atoms with Crippen molar-refractivity contribution in [3.05, 3.63) is 30.3 Å². The number of rotatable bonds is 3. The molecule has 108 valence electrons. The van der Waals surface area contributed by atoms with Crippen molar-refractivity contribution in [1.82, 2.24) is 20.2 Å². The maximum atomic E-state index is 13.9. The Balaban J connectivity index is 1.53. The molecule has 2 saturated carbocycles. The third kappa shape index (κ3) is 2.28. The van der Waals surface area contributed by atoms with Gasteiger partial charge in [-0.3, -0.25) is 4.79 Å². The quantitative estimate of drug-likeness (QED) is 0.934. The topological polar surface area (TPSA) is 72.7 Å². The Labute approximate surface area is 120 Å². The minimum absolute atomic E-state index is 0.0184. The van der Waals surface area contributed by atoms with Crippen LogP contribution >= 0.6 is 0 Å². The molecule has 21 heavy (non-hydrogen) atoms. The first kappa shape index (κ1) is 12.4. The SMILES string of the molecule is O=C(Nc1cc(-n2cnnn2)ccc1F)C1CC2CC2C1. The smallest absolute Gasteiger partial charge is 0.227 e. The van der Waals surface area contributed by atoms with Crippen molar-refractivity contribution in [2.24, 2.45) is 17.8 Å². The van der Waals surface area contributed by atoms with Crippen LogP contribution in [0.15, 0.2) is 24.5 Å². The minimum atomic E-state index is -0.455. The number of benzene rings is 1. The van der Waals surface area contributed by atoms with Gasteiger partial charge in [-0.2, -0.15) is 0 Å². The summed E-state index contributed by atoms with van der Waals surface area (Å²) in [7, 11) is 0. The van der Waals surface area contributed by atoms with Crippen molar-refractivity contribution in [2.75, 3.05) is 5.32 Å². The van der Waals surface area contributed by atoms with E-state index in [0.717, 1.165) is 24.7 Å². The number of nitrogens with zero attached hydrogens (tertiary/aromatic N) is 4. The van der Waals surface area contributed by atoms with E-state index in [2.05, 4.69) is 20.8 Å². The highest BCUT2D eigenvalue weighted by molar-refractivity contribution is 5.93. The van der Waals surface area contributed by atoms with Crippen molar-refractivity contribution >= 4 is 11.6 Å². The Morgan fingerprint density at radius 3 is 2.81 bits per heavy atom. The van der Waals surface area contributed by atoms with Crippen LogP contribution in [0.5, 0.6) is 0 Å². The zero-order valence-electron chi connectivity index (χ0n) is 11.2. The van der Waals surface area contributed by atoms with Gasteiger partial charge in [-0.25, -0.2) is 9.07 Å². The van der Waals surface area contributed by atoms with E-state index in [1.165, 1.54) is 23.5 Å². The van der Waals surface area contributed by atoms with Crippen molar-refractivity contribution in [3.63, 3.8) is 0 Å². The van der Waals surface area contributed by atoms with Crippen LogP contribution in [-0.2, 0) is 4.79 Å². The molecule has 2 aliphatic rings. The Morgan fingerprint density at radius 1 is 1.29 bits per heavy atom. The second kappa shape index (κ2) is 4.61. The first-order chi connectivity index (χ1) is 10.2. The van der Waals surface area contributed by atoms with Crippen molar-refractivity contribution in [2.45, 2.75) is 19.3 Å². The minimum Gasteiger partial charge on any atom is -0.323 e. The van der Waals surface area contributed by atoms with Crippen LogP contribution in [-0.4, -0.2) is 26.1 Å². The Morgan fingerprint density at radius 2 is 2.10 bits per heavy atom. The van der Waals surface area contributed by atoms with E-state index in [1.807, 2.05) is 0 Å². The van der Waals surface area contributed by atoms with Gasteiger partial charge >= 0.3 is 0 Å². The summed E-state index contributed by atoms with van der Waals surface area (Å²) in [4.78, 5) is 12.2. The number of amides is 1. The van der Waals surface area contributed by atoms with Gasteiger partial charge in [0.1, 0.15) is 12.1 Å². The lowest BCUT2D eigenvalue weighted by Gasteiger charge is -2.13. The van der Waals surface area contributed by atoms with Gasteiger partial charge in [0.2, 0.25) is 5.91 Å². The largest absolute Gasteiger partial charge is 0.323 e. The fourth-order valence-corrected chi connectivity index (χ4v) is 3.19. The third-order valence-electron chi connectivity index (χ3n) is 4.44. The summed E-state index contributed by atoms with van der Waals surface area (Å²) < 4.78 is 15.3. The summed E-state index contributed by atoms with van der Waals surface area (Å²) >= 11 is 0. The third-order valence-corrected chi connectivity index (χ3v) is 4.44. The molecule has 2 unspecified atom stereocenters. The molecule has 1 aromatic carbocycles. The highest BCUT2D eigenvalue weighted by Crippen LogP contribution is 2.54. The summed E-state index contributed by atoms with van der Waals surface area (Å²) in [6.07, 6.45) is 4.55. The number of halogens is 1. The lowest BCUT2D eigenvalue weighted by atomic mass is 10.0. The average Bonchev–Trinajstić information content (AvgIpc) is 2.94. The van der Waals surface area contributed by atoms with E-state index in [9.17, 15) is 9.18 Å². The van der Waals surface area contributed by atoms with Crippen LogP contribution < -0.4 is 5.32 Å². The molecular weight excluding hydrogens is 273 g/mol. The predicted molar refractivity (Wildman–Crippen MR) is 72.1 cm³/mol. The maximum absolute atomic E-state index is 13.9. The summed E-state index contributed by atoms with van der Waals surface area (Å²) in [6.45, 7) is 0. The zero-order valence-corrected chi connectivity index (χ0v) is 11.2. The van der Waals surface area contributed by atoms with Gasteiger partial charge in [-0.05, 0) is 59.7 Å². The molecular formula is C14H14FN5O. The number of hydrogen-bond acceptors (Lipinski definition) is 4. The normalized spacial score (nSPS) is 26.4. The summed E-state index contributed by atoms with van der Waals surface area (Å²) in [6, 6.07) is 4.41. The zero-order chi connectivity index (χ0) is 14.4. The van der Waals surface area contributed by atoms with Gasteiger partial charge in [0.05, 0.1) is 11.4 Å². The molecule has 0 radical (unpaired) electrons. The number of tetrazole rings is 1. The molecule has 0 bridgehead atoms. The van der Waals surface area contributed by atoms with Crippen LogP contribution in [0.4, 0.5) is 10.1 Å². The molecule has 1 amide bonds. The summed E-state index contributed by atoms with van der Waals surface area (Å²) in [5.41, 5.74) is 0.777. The molecule has 2 fully saturated rings.